The average Bonchev–Trinajstić information content (AvgIpc) is 3.70. The number of hydrogen-bond donors (Lipinski definition) is 0. The van der Waals surface area contributed by atoms with Crippen molar-refractivity contribution in [3.05, 3.63) is 102 Å². The Morgan fingerprint density at radius 2 is 1.87 bits per heavy atom. The van der Waals surface area contributed by atoms with E-state index in [0.29, 0.717) is 46.0 Å². The second-order valence-corrected chi connectivity index (χ2v) is 8.68. The van der Waals surface area contributed by atoms with Gasteiger partial charge in [-0.2, -0.15) is 0 Å². The summed E-state index contributed by atoms with van der Waals surface area (Å²) in [6.07, 6.45) is 6.58. The summed E-state index contributed by atoms with van der Waals surface area (Å²) in [7, 11) is 1.58. The number of para-hydroxylation sites is 1. The van der Waals surface area contributed by atoms with Gasteiger partial charge in [0.05, 0.1) is 24.6 Å². The molecule has 9 nitrogen and oxygen atoms in total. The summed E-state index contributed by atoms with van der Waals surface area (Å²) in [5, 5.41) is 4.58. The van der Waals surface area contributed by atoms with E-state index in [-0.39, 0.29) is 19.0 Å². The Kier molecular flexibility index (Phi) is 7.58. The van der Waals surface area contributed by atoms with Gasteiger partial charge in [0, 0.05) is 6.20 Å². The van der Waals surface area contributed by atoms with Crippen LogP contribution in [0, 0.1) is 6.92 Å². The maximum absolute atomic E-state index is 11.5. The van der Waals surface area contributed by atoms with Crippen LogP contribution < -0.4 is 14.2 Å². The van der Waals surface area contributed by atoms with Crippen molar-refractivity contribution in [1.82, 2.24) is 14.8 Å². The molecule has 9 heteroatoms. The van der Waals surface area contributed by atoms with Crippen LogP contribution in [0.4, 0.5) is 0 Å². The molecule has 0 fully saturated rings. The Morgan fingerprint density at radius 3 is 2.62 bits per heavy atom. The fourth-order valence-corrected chi connectivity index (χ4v) is 3.80. The van der Waals surface area contributed by atoms with Crippen LogP contribution in [0.3, 0.4) is 0 Å². The van der Waals surface area contributed by atoms with E-state index in [4.69, 9.17) is 23.0 Å². The normalized spacial score (nSPS) is 11.2. The number of ketones is 1. The van der Waals surface area contributed by atoms with Crippen molar-refractivity contribution in [1.29, 1.82) is 0 Å². The minimum atomic E-state index is -0.0632. The lowest BCUT2D eigenvalue weighted by Gasteiger charge is -2.12. The molecule has 0 radical (unpaired) electrons. The van der Waals surface area contributed by atoms with Gasteiger partial charge < -0.3 is 23.0 Å². The van der Waals surface area contributed by atoms with Gasteiger partial charge in [0.1, 0.15) is 24.7 Å². The number of carbonyl (C=O) groups is 1. The van der Waals surface area contributed by atoms with Crippen molar-refractivity contribution >= 4 is 11.9 Å². The molecule has 5 aromatic rings. The van der Waals surface area contributed by atoms with Gasteiger partial charge in [0.2, 0.25) is 5.88 Å². The second-order valence-electron chi connectivity index (χ2n) is 8.68. The number of rotatable bonds is 11. The zero-order chi connectivity index (χ0) is 27.2. The fraction of sp³-hybridized carbons (Fsp3) is 0.167. The number of benzene rings is 2. The van der Waals surface area contributed by atoms with E-state index >= 15 is 0 Å². The summed E-state index contributed by atoms with van der Waals surface area (Å²) in [6.45, 7) is 3.76. The molecule has 5 rings (SSSR count). The van der Waals surface area contributed by atoms with Gasteiger partial charge in [-0.05, 0) is 68.0 Å². The molecule has 39 heavy (non-hydrogen) atoms. The zero-order valence-electron chi connectivity index (χ0n) is 21.8. The number of hydrogen-bond acceptors (Lipinski definition) is 8. The lowest BCUT2D eigenvalue weighted by molar-refractivity contribution is -0.112. The molecule has 0 N–H and O–H groups in total. The van der Waals surface area contributed by atoms with Crippen LogP contribution in [0.2, 0.25) is 0 Å². The molecule has 0 atom stereocenters. The predicted molar refractivity (Wildman–Crippen MR) is 144 cm³/mol. The molecule has 0 spiro atoms. The number of oxazole rings is 1. The van der Waals surface area contributed by atoms with Crippen LogP contribution in [0.5, 0.6) is 17.4 Å². The molecule has 0 saturated carbocycles. The molecular formula is C30H27N3O6. The molecule has 0 aliphatic rings. The first-order chi connectivity index (χ1) is 19.0. The Hall–Kier alpha value is -5.05. The number of carbonyl (C=O) groups excluding carboxylic acids is 1. The lowest BCUT2D eigenvalue weighted by atomic mass is 10.2. The van der Waals surface area contributed by atoms with E-state index in [1.165, 1.54) is 13.0 Å². The molecule has 198 valence electrons. The van der Waals surface area contributed by atoms with Crippen molar-refractivity contribution in [2.75, 3.05) is 7.11 Å². The molecule has 3 aromatic heterocycles. The van der Waals surface area contributed by atoms with Crippen molar-refractivity contribution < 1.29 is 27.8 Å². The Balaban J connectivity index is 1.29. The van der Waals surface area contributed by atoms with Gasteiger partial charge in [-0.3, -0.25) is 4.79 Å². The van der Waals surface area contributed by atoms with Gasteiger partial charge in [0.25, 0.3) is 5.89 Å². The SMILES string of the molecule is COc1cc(COc2nn(-c3ccccc3)cc2/C=C/C(C)=O)ccc1OCc1nc(-c2ccco2)oc1C. The van der Waals surface area contributed by atoms with Crippen LogP contribution in [-0.4, -0.2) is 27.7 Å². The number of ether oxygens (including phenoxy) is 3. The third kappa shape index (κ3) is 6.10. The largest absolute Gasteiger partial charge is 0.493 e. The van der Waals surface area contributed by atoms with Gasteiger partial charge in [-0.15, -0.1) is 5.10 Å². The number of methoxy groups -OCH3 is 1. The quantitative estimate of drug-likeness (QED) is 0.188. The first-order valence-corrected chi connectivity index (χ1v) is 12.3. The first kappa shape index (κ1) is 25.6. The minimum absolute atomic E-state index is 0.0632. The maximum Gasteiger partial charge on any atom is 0.263 e. The average molecular weight is 526 g/mol. The lowest BCUT2D eigenvalue weighted by Crippen LogP contribution is -2.02. The van der Waals surface area contributed by atoms with Crippen LogP contribution in [0.1, 0.15) is 29.5 Å². The summed E-state index contributed by atoms with van der Waals surface area (Å²) >= 11 is 0. The first-order valence-electron chi connectivity index (χ1n) is 12.3. The Bertz CT molecular complexity index is 1580. The third-order valence-corrected chi connectivity index (χ3v) is 5.82. The molecular weight excluding hydrogens is 498 g/mol. The van der Waals surface area contributed by atoms with Crippen LogP contribution in [-0.2, 0) is 18.0 Å². The van der Waals surface area contributed by atoms with Gasteiger partial charge in [-0.1, -0.05) is 24.3 Å². The van der Waals surface area contributed by atoms with Crippen molar-refractivity contribution in [3.8, 4) is 34.7 Å². The molecule has 0 aliphatic carbocycles. The van der Waals surface area contributed by atoms with E-state index in [1.54, 1.807) is 36.3 Å². The Morgan fingerprint density at radius 1 is 1.03 bits per heavy atom. The number of aromatic nitrogens is 3. The molecule has 0 bridgehead atoms. The monoisotopic (exact) mass is 525 g/mol. The van der Waals surface area contributed by atoms with E-state index in [2.05, 4.69) is 10.1 Å². The molecule has 0 saturated heterocycles. The van der Waals surface area contributed by atoms with Gasteiger partial charge in [0.15, 0.2) is 23.0 Å². The molecule has 2 aromatic carbocycles. The van der Waals surface area contributed by atoms with Crippen molar-refractivity contribution in [3.63, 3.8) is 0 Å². The highest BCUT2D eigenvalue weighted by Crippen LogP contribution is 2.31. The number of aryl methyl sites for hydroxylation is 1. The summed E-state index contributed by atoms with van der Waals surface area (Å²) in [5.74, 6) is 3.06. The Labute approximate surface area is 225 Å². The van der Waals surface area contributed by atoms with E-state index in [1.807, 2.05) is 61.7 Å². The van der Waals surface area contributed by atoms with Crippen LogP contribution in [0.25, 0.3) is 23.4 Å². The molecule has 0 unspecified atom stereocenters. The summed E-state index contributed by atoms with van der Waals surface area (Å²) < 4.78 is 30.4. The van der Waals surface area contributed by atoms with E-state index in [9.17, 15) is 4.79 Å². The van der Waals surface area contributed by atoms with E-state index in [0.717, 1.165) is 11.3 Å². The highest BCUT2D eigenvalue weighted by atomic mass is 16.5. The van der Waals surface area contributed by atoms with Crippen molar-refractivity contribution in [2.45, 2.75) is 27.1 Å². The fourth-order valence-electron chi connectivity index (χ4n) is 3.80. The summed E-state index contributed by atoms with van der Waals surface area (Å²) in [4.78, 5) is 16.0. The minimum Gasteiger partial charge on any atom is -0.493 e. The van der Waals surface area contributed by atoms with Crippen molar-refractivity contribution in [2.24, 2.45) is 0 Å². The highest BCUT2D eigenvalue weighted by Gasteiger charge is 2.16. The van der Waals surface area contributed by atoms with Crippen LogP contribution in [0.15, 0.2) is 88.0 Å². The van der Waals surface area contributed by atoms with E-state index < -0.39 is 0 Å². The number of nitrogens with zero attached hydrogens (tertiary/aromatic N) is 3. The highest BCUT2D eigenvalue weighted by molar-refractivity contribution is 5.91. The predicted octanol–water partition coefficient (Wildman–Crippen LogP) is 6.20. The number of allylic oxidation sites excluding steroid dienone is 1. The van der Waals surface area contributed by atoms with Gasteiger partial charge >= 0.3 is 0 Å². The zero-order valence-corrected chi connectivity index (χ0v) is 21.8. The standard InChI is InChI=1S/C30H27N3O6/c1-20(34)11-13-23-17-33(24-8-5-4-6-9-24)32-29(23)38-18-22-12-14-26(28(16-22)35-3)37-19-25-21(2)39-30(31-25)27-10-7-15-36-27/h4-17H,18-19H2,1-3H3/b13-11+. The van der Waals surface area contributed by atoms with Gasteiger partial charge in [-0.25, -0.2) is 9.67 Å². The smallest absolute Gasteiger partial charge is 0.263 e. The molecule has 0 amide bonds. The molecule has 3 heterocycles. The molecule has 0 aliphatic heterocycles. The van der Waals surface area contributed by atoms with Crippen LogP contribution >= 0.6 is 0 Å². The summed E-state index contributed by atoms with van der Waals surface area (Å²) in [5.41, 5.74) is 3.09. The maximum atomic E-state index is 11.5. The summed E-state index contributed by atoms with van der Waals surface area (Å²) in [6, 6.07) is 18.8. The second kappa shape index (κ2) is 11.6. The topological polar surface area (TPSA) is 102 Å². The number of furan rings is 1. The third-order valence-electron chi connectivity index (χ3n) is 5.82.